The normalized spacial score (nSPS) is 45.4. The molecule has 4 aliphatic carbocycles. The highest BCUT2D eigenvalue weighted by Crippen LogP contribution is 2.70. The number of hydrogen-bond acceptors (Lipinski definition) is 0. The molecule has 0 aromatic heterocycles. The summed E-state index contributed by atoms with van der Waals surface area (Å²) in [6.45, 7) is 13.0. The molecule has 0 N–H and O–H groups in total. The Bertz CT molecular complexity index is 286. The van der Waals surface area contributed by atoms with Crippen LogP contribution in [0, 0.1) is 17.8 Å². The van der Waals surface area contributed by atoms with E-state index in [4.69, 9.17) is 0 Å². The van der Waals surface area contributed by atoms with Crippen LogP contribution in [0.5, 0.6) is 0 Å². The first-order valence-corrected chi connectivity index (χ1v) is 10.7. The molecule has 0 atom stereocenters. The van der Waals surface area contributed by atoms with Crippen molar-refractivity contribution in [2.75, 3.05) is 0 Å². The summed E-state index contributed by atoms with van der Waals surface area (Å²) in [5.41, 5.74) is 0. The Morgan fingerprint density at radius 2 is 1.18 bits per heavy atom. The summed E-state index contributed by atoms with van der Waals surface area (Å²) in [6, 6.07) is 0. The minimum Gasteiger partial charge on any atom is -0.0686 e. The molecule has 4 rings (SSSR count). The fraction of sp³-hybridized carbons (Fsp3) is 1.00. The zero-order chi connectivity index (χ0) is 12.5. The van der Waals surface area contributed by atoms with Crippen LogP contribution in [0.3, 0.4) is 0 Å². The molecule has 1 heteroatoms. The summed E-state index contributed by atoms with van der Waals surface area (Å²) >= 11 is 0. The van der Waals surface area contributed by atoms with Crippen molar-refractivity contribution in [3.05, 3.63) is 0 Å². The average Bonchev–Trinajstić information content (AvgIpc) is 2.12. The van der Waals surface area contributed by atoms with Crippen LogP contribution in [0.2, 0.25) is 23.2 Å². The molecule has 0 aliphatic heterocycles. The van der Waals surface area contributed by atoms with E-state index < -0.39 is 8.07 Å². The molecule has 4 aliphatic rings. The molecule has 4 fully saturated rings. The van der Waals surface area contributed by atoms with Crippen molar-refractivity contribution in [2.24, 2.45) is 17.8 Å². The molecule has 0 radical (unpaired) electrons. The minimum atomic E-state index is -1.16. The van der Waals surface area contributed by atoms with E-state index in [2.05, 4.69) is 33.9 Å². The SMILES string of the molecule is CC(C)(C)[Si](C)(C)C12CC3CC(CC(C3)C1)C2. The van der Waals surface area contributed by atoms with Gasteiger partial charge in [-0.2, -0.15) is 0 Å². The van der Waals surface area contributed by atoms with Gasteiger partial charge in [0.25, 0.3) is 0 Å². The highest BCUT2D eigenvalue weighted by Gasteiger charge is 2.60. The van der Waals surface area contributed by atoms with E-state index in [9.17, 15) is 0 Å². The second-order valence-corrected chi connectivity index (χ2v) is 14.9. The minimum absolute atomic E-state index is 0.582. The summed E-state index contributed by atoms with van der Waals surface area (Å²) in [6.07, 6.45) is 9.59. The van der Waals surface area contributed by atoms with Crippen molar-refractivity contribution in [3.63, 3.8) is 0 Å². The Morgan fingerprint density at radius 3 is 1.47 bits per heavy atom. The summed E-state index contributed by atoms with van der Waals surface area (Å²) < 4.78 is 0. The van der Waals surface area contributed by atoms with Crippen LogP contribution in [0.15, 0.2) is 0 Å². The second kappa shape index (κ2) is 3.40. The number of rotatable bonds is 1. The van der Waals surface area contributed by atoms with Gasteiger partial charge in [0.1, 0.15) is 0 Å². The summed E-state index contributed by atoms with van der Waals surface area (Å²) in [5, 5.41) is 1.40. The Balaban J connectivity index is 1.97. The van der Waals surface area contributed by atoms with Gasteiger partial charge in [0.05, 0.1) is 8.07 Å². The largest absolute Gasteiger partial charge is 0.0686 e. The summed E-state index contributed by atoms with van der Waals surface area (Å²) in [7, 11) is -1.16. The third-order valence-corrected chi connectivity index (χ3v) is 14.3. The smallest absolute Gasteiger partial charge is 0.0590 e. The molecule has 0 amide bonds. The van der Waals surface area contributed by atoms with Gasteiger partial charge in [0.15, 0.2) is 0 Å². The van der Waals surface area contributed by atoms with Crippen LogP contribution in [-0.4, -0.2) is 8.07 Å². The van der Waals surface area contributed by atoms with Crippen LogP contribution in [0.4, 0.5) is 0 Å². The summed E-state index contributed by atoms with van der Waals surface area (Å²) in [4.78, 5) is 0. The molecule has 0 heterocycles. The molecule has 0 saturated heterocycles. The molecule has 4 saturated carbocycles. The fourth-order valence-corrected chi connectivity index (χ4v) is 9.66. The fourth-order valence-electron chi connectivity index (χ4n) is 5.67. The summed E-state index contributed by atoms with van der Waals surface area (Å²) in [5.74, 6) is 3.36. The van der Waals surface area contributed by atoms with E-state index >= 15 is 0 Å². The topological polar surface area (TPSA) is 0 Å². The first-order chi connectivity index (χ1) is 7.73. The van der Waals surface area contributed by atoms with Gasteiger partial charge in [0, 0.05) is 0 Å². The molecule has 0 aromatic rings. The molecule has 0 unspecified atom stereocenters. The Hall–Kier alpha value is 0.217. The van der Waals surface area contributed by atoms with Crippen LogP contribution in [0.25, 0.3) is 0 Å². The van der Waals surface area contributed by atoms with E-state index in [-0.39, 0.29) is 0 Å². The van der Waals surface area contributed by atoms with Gasteiger partial charge >= 0.3 is 0 Å². The highest BCUT2D eigenvalue weighted by molar-refractivity contribution is 6.83. The third kappa shape index (κ3) is 1.60. The van der Waals surface area contributed by atoms with Gasteiger partial charge in [-0.15, -0.1) is 0 Å². The van der Waals surface area contributed by atoms with Crippen molar-refractivity contribution in [1.82, 2.24) is 0 Å². The lowest BCUT2D eigenvalue weighted by atomic mass is 9.56. The zero-order valence-electron chi connectivity index (χ0n) is 12.5. The van der Waals surface area contributed by atoms with Crippen molar-refractivity contribution in [3.8, 4) is 0 Å². The van der Waals surface area contributed by atoms with Crippen molar-refractivity contribution in [1.29, 1.82) is 0 Å². The van der Waals surface area contributed by atoms with Gasteiger partial charge in [-0.1, -0.05) is 33.9 Å². The lowest BCUT2D eigenvalue weighted by Gasteiger charge is -2.64. The van der Waals surface area contributed by atoms with Gasteiger partial charge < -0.3 is 0 Å². The Morgan fingerprint density at radius 1 is 0.824 bits per heavy atom. The van der Waals surface area contributed by atoms with E-state index in [1.807, 2.05) is 0 Å². The molecule has 4 bridgehead atoms. The monoisotopic (exact) mass is 250 g/mol. The molecule has 0 spiro atoms. The van der Waals surface area contributed by atoms with E-state index in [0.717, 1.165) is 22.8 Å². The van der Waals surface area contributed by atoms with E-state index in [0.29, 0.717) is 5.04 Å². The van der Waals surface area contributed by atoms with Gasteiger partial charge in [0.2, 0.25) is 0 Å². The molecule has 98 valence electrons. The molecular formula is C16H30Si. The number of hydrogen-bond donors (Lipinski definition) is 0. The Labute approximate surface area is 109 Å². The average molecular weight is 251 g/mol. The maximum Gasteiger partial charge on any atom is 0.0590 e. The maximum absolute atomic E-state index is 2.71. The van der Waals surface area contributed by atoms with Crippen molar-refractivity contribution < 1.29 is 0 Å². The van der Waals surface area contributed by atoms with E-state index in [1.165, 1.54) is 0 Å². The van der Waals surface area contributed by atoms with Gasteiger partial charge in [-0.3, -0.25) is 0 Å². The van der Waals surface area contributed by atoms with Crippen LogP contribution in [-0.2, 0) is 0 Å². The maximum atomic E-state index is 2.71. The third-order valence-electron chi connectivity index (χ3n) is 7.24. The quantitative estimate of drug-likeness (QED) is 0.542. The first kappa shape index (κ1) is 12.3. The van der Waals surface area contributed by atoms with Crippen LogP contribution >= 0.6 is 0 Å². The molecule has 0 aromatic carbocycles. The molecule has 17 heavy (non-hydrogen) atoms. The molecular weight excluding hydrogens is 220 g/mol. The first-order valence-electron chi connectivity index (χ1n) is 7.73. The van der Waals surface area contributed by atoms with Gasteiger partial charge in [-0.05, 0) is 66.4 Å². The molecule has 0 nitrogen and oxygen atoms in total. The predicted molar refractivity (Wildman–Crippen MR) is 78.1 cm³/mol. The van der Waals surface area contributed by atoms with Crippen molar-refractivity contribution >= 4 is 8.07 Å². The van der Waals surface area contributed by atoms with Crippen molar-refractivity contribution in [2.45, 2.75) is 82.5 Å². The van der Waals surface area contributed by atoms with E-state index in [1.54, 1.807) is 38.5 Å². The van der Waals surface area contributed by atoms with Crippen LogP contribution in [0.1, 0.15) is 59.3 Å². The standard InChI is InChI=1S/C16H30Si/c1-15(2,3)17(4,5)16-9-12-6-13(10-16)8-14(7-12)11-16/h12-14H,6-11H2,1-5H3. The van der Waals surface area contributed by atoms with Crippen LogP contribution < -0.4 is 0 Å². The van der Waals surface area contributed by atoms with Gasteiger partial charge in [-0.25, -0.2) is 0 Å². The Kier molecular flexibility index (Phi) is 2.45. The zero-order valence-corrected chi connectivity index (χ0v) is 13.5. The lowest BCUT2D eigenvalue weighted by molar-refractivity contribution is 0.0233. The highest BCUT2D eigenvalue weighted by atomic mass is 28.3. The predicted octanol–water partition coefficient (Wildman–Crippen LogP) is 5.47. The second-order valence-electron chi connectivity index (χ2n) is 9.07. The lowest BCUT2D eigenvalue weighted by Crippen LogP contribution is -2.57.